The first kappa shape index (κ1) is 7.89. The zero-order valence-electron chi connectivity index (χ0n) is 4.41. The number of hydrogen-bond acceptors (Lipinski definition) is 2. The number of hydrogen-bond donors (Lipinski definition) is 1. The third kappa shape index (κ3) is 5.89. The van der Waals surface area contributed by atoms with Crippen molar-refractivity contribution in [3.8, 4) is 0 Å². The fraction of sp³-hybridized carbons (Fsp3) is 0.250. The molecule has 0 aromatic rings. The molecule has 0 aliphatic heterocycles. The van der Waals surface area contributed by atoms with E-state index in [-0.39, 0.29) is 6.61 Å². The fourth-order valence-electron chi connectivity index (χ4n) is 0.169. The Balaban J connectivity index is 3.40. The van der Waals surface area contributed by atoms with Crippen LogP contribution in [0, 0.1) is 6.66 Å². The van der Waals surface area contributed by atoms with Crippen LogP contribution in [0.3, 0.4) is 0 Å². The van der Waals surface area contributed by atoms with Gasteiger partial charge in [0.1, 0.15) is 0 Å². The molecular formula is C4H8O3P. The predicted molar refractivity (Wildman–Crippen MR) is 31.3 cm³/mol. The highest BCUT2D eigenvalue weighted by Crippen LogP contribution is 2.38. The monoisotopic (exact) mass is 135 g/mol. The second kappa shape index (κ2) is 3.02. The first-order valence-corrected chi connectivity index (χ1v) is 3.75. The van der Waals surface area contributed by atoms with Gasteiger partial charge in [0.25, 0.3) is 0 Å². The lowest BCUT2D eigenvalue weighted by atomic mass is 10.7. The molecule has 0 aliphatic carbocycles. The third-order valence-electron chi connectivity index (χ3n) is 0.394. The summed E-state index contributed by atoms with van der Waals surface area (Å²) in [5.74, 6) is 0. The summed E-state index contributed by atoms with van der Waals surface area (Å²) in [6, 6.07) is 0. The first-order valence-electron chi connectivity index (χ1n) is 1.99. The van der Waals surface area contributed by atoms with Crippen LogP contribution >= 0.6 is 7.60 Å². The Morgan fingerprint density at radius 3 is 2.50 bits per heavy atom. The molecule has 47 valence electrons. The molecule has 0 saturated heterocycles. The maximum Gasteiger partial charge on any atom is 0.329 e. The van der Waals surface area contributed by atoms with Crippen LogP contribution in [0.1, 0.15) is 0 Å². The van der Waals surface area contributed by atoms with E-state index in [2.05, 4.69) is 17.8 Å². The van der Waals surface area contributed by atoms with Crippen LogP contribution in [0.15, 0.2) is 12.7 Å². The lowest BCUT2D eigenvalue weighted by molar-refractivity contribution is 0.297. The van der Waals surface area contributed by atoms with Gasteiger partial charge < -0.3 is 9.42 Å². The largest absolute Gasteiger partial charge is 0.329 e. The molecule has 0 aliphatic rings. The van der Waals surface area contributed by atoms with Gasteiger partial charge in [0.15, 0.2) is 0 Å². The van der Waals surface area contributed by atoms with E-state index >= 15 is 0 Å². The van der Waals surface area contributed by atoms with Gasteiger partial charge in [0, 0.05) is 0 Å². The van der Waals surface area contributed by atoms with E-state index in [1.54, 1.807) is 0 Å². The summed E-state index contributed by atoms with van der Waals surface area (Å²) in [6.45, 7) is 6.19. The molecule has 1 atom stereocenters. The van der Waals surface area contributed by atoms with Gasteiger partial charge in [0.2, 0.25) is 0 Å². The molecular weight excluding hydrogens is 127 g/mol. The van der Waals surface area contributed by atoms with Gasteiger partial charge in [-0.25, -0.2) is 0 Å². The Labute approximate surface area is 48.5 Å². The van der Waals surface area contributed by atoms with Gasteiger partial charge in [0.05, 0.1) is 13.3 Å². The van der Waals surface area contributed by atoms with Crippen molar-refractivity contribution >= 4 is 7.60 Å². The highest BCUT2D eigenvalue weighted by atomic mass is 31.2. The predicted octanol–water partition coefficient (Wildman–Crippen LogP) is 1.17. The Hall–Kier alpha value is -0.110. The van der Waals surface area contributed by atoms with Crippen molar-refractivity contribution in [2.75, 3.05) is 6.61 Å². The normalized spacial score (nSPS) is 17.2. The van der Waals surface area contributed by atoms with E-state index in [0.717, 1.165) is 0 Å². The molecule has 0 spiro atoms. The molecule has 4 heteroatoms. The van der Waals surface area contributed by atoms with E-state index in [1.165, 1.54) is 6.08 Å². The van der Waals surface area contributed by atoms with Crippen molar-refractivity contribution in [1.82, 2.24) is 0 Å². The lowest BCUT2D eigenvalue weighted by Crippen LogP contribution is -1.83. The Morgan fingerprint density at radius 2 is 2.38 bits per heavy atom. The first-order chi connectivity index (χ1) is 3.56. The summed E-state index contributed by atoms with van der Waals surface area (Å²) in [5.41, 5.74) is 0. The molecule has 8 heavy (non-hydrogen) atoms. The molecule has 0 saturated carbocycles. The maximum absolute atomic E-state index is 10.1. The van der Waals surface area contributed by atoms with Gasteiger partial charge in [-0.15, -0.1) is 6.58 Å². The summed E-state index contributed by atoms with van der Waals surface area (Å²) in [4.78, 5) is 8.32. The van der Waals surface area contributed by atoms with Crippen LogP contribution < -0.4 is 0 Å². The molecule has 1 radical (unpaired) electrons. The van der Waals surface area contributed by atoms with Crippen LogP contribution in [0.4, 0.5) is 0 Å². The van der Waals surface area contributed by atoms with Gasteiger partial charge >= 0.3 is 7.60 Å². The summed E-state index contributed by atoms with van der Waals surface area (Å²) in [7, 11) is -3.50. The van der Waals surface area contributed by atoms with E-state index in [0.29, 0.717) is 0 Å². The zero-order valence-corrected chi connectivity index (χ0v) is 5.30. The molecule has 1 N–H and O–H groups in total. The maximum atomic E-state index is 10.1. The Bertz CT molecular complexity index is 114. The summed E-state index contributed by atoms with van der Waals surface area (Å²) < 4.78 is 14.4. The molecule has 0 heterocycles. The quantitative estimate of drug-likeness (QED) is 0.466. The second-order valence-electron chi connectivity index (χ2n) is 1.22. The molecule has 0 aromatic heterocycles. The van der Waals surface area contributed by atoms with Gasteiger partial charge in [-0.2, -0.15) is 0 Å². The zero-order chi connectivity index (χ0) is 6.62. The number of rotatable bonds is 3. The average Bonchev–Trinajstić information content (AvgIpc) is 1.59. The molecule has 0 fully saturated rings. The Morgan fingerprint density at radius 1 is 1.88 bits per heavy atom. The van der Waals surface area contributed by atoms with E-state index in [4.69, 9.17) is 4.89 Å². The van der Waals surface area contributed by atoms with Crippen LogP contribution in [0.2, 0.25) is 0 Å². The van der Waals surface area contributed by atoms with Crippen molar-refractivity contribution < 1.29 is 14.0 Å². The lowest BCUT2D eigenvalue weighted by Gasteiger charge is -2.01. The summed E-state index contributed by atoms with van der Waals surface area (Å²) >= 11 is 0. The molecule has 3 nitrogen and oxygen atoms in total. The molecule has 0 rings (SSSR count). The van der Waals surface area contributed by atoms with Crippen molar-refractivity contribution in [2.45, 2.75) is 0 Å². The highest BCUT2D eigenvalue weighted by Gasteiger charge is 2.06. The van der Waals surface area contributed by atoms with Crippen molar-refractivity contribution in [2.24, 2.45) is 0 Å². The summed E-state index contributed by atoms with van der Waals surface area (Å²) in [6.07, 6.45) is 1.38. The topological polar surface area (TPSA) is 46.5 Å². The average molecular weight is 135 g/mol. The third-order valence-corrected chi connectivity index (χ3v) is 0.947. The fourth-order valence-corrected chi connectivity index (χ4v) is 0.508. The van der Waals surface area contributed by atoms with Gasteiger partial charge in [-0.3, -0.25) is 4.57 Å². The summed E-state index contributed by atoms with van der Waals surface area (Å²) in [5, 5.41) is 0. The van der Waals surface area contributed by atoms with Crippen LogP contribution in [0.5, 0.6) is 0 Å². The standard InChI is InChI=1S/C4H8O3P/c1-3-4-7-8(2,5)6/h3H,1-2,4H2,(H,5,6). The van der Waals surface area contributed by atoms with E-state index < -0.39 is 7.60 Å². The molecule has 0 amide bonds. The molecule has 1 unspecified atom stereocenters. The van der Waals surface area contributed by atoms with Crippen molar-refractivity contribution in [1.29, 1.82) is 0 Å². The van der Waals surface area contributed by atoms with Gasteiger partial charge in [-0.1, -0.05) is 6.08 Å². The second-order valence-corrected chi connectivity index (χ2v) is 2.76. The van der Waals surface area contributed by atoms with Crippen molar-refractivity contribution in [3.05, 3.63) is 19.3 Å². The van der Waals surface area contributed by atoms with Gasteiger partial charge in [-0.05, 0) is 0 Å². The van der Waals surface area contributed by atoms with Crippen molar-refractivity contribution in [3.63, 3.8) is 0 Å². The minimum absolute atomic E-state index is 0.0667. The Kier molecular flexibility index (Phi) is 2.98. The highest BCUT2D eigenvalue weighted by molar-refractivity contribution is 7.54. The SMILES string of the molecule is [CH2]P(=O)(O)OCC=C. The minimum atomic E-state index is -3.50. The van der Waals surface area contributed by atoms with Crippen LogP contribution in [0.25, 0.3) is 0 Å². The van der Waals surface area contributed by atoms with Crippen LogP contribution in [-0.2, 0) is 9.09 Å². The smallest absolute Gasteiger partial charge is 0.324 e. The molecule has 0 bridgehead atoms. The van der Waals surface area contributed by atoms with E-state index in [9.17, 15) is 4.57 Å². The minimum Gasteiger partial charge on any atom is -0.324 e. The molecule has 0 aromatic carbocycles. The van der Waals surface area contributed by atoms with Crippen LogP contribution in [-0.4, -0.2) is 11.5 Å². The van der Waals surface area contributed by atoms with E-state index in [1.807, 2.05) is 0 Å².